The molecule has 8 heteroatoms. The van der Waals surface area contributed by atoms with Gasteiger partial charge in [0.1, 0.15) is 6.04 Å². The van der Waals surface area contributed by atoms with Crippen LogP contribution in [0.2, 0.25) is 0 Å². The number of hydrogen-bond acceptors (Lipinski definition) is 3. The fourth-order valence-corrected chi connectivity index (χ4v) is 3.31. The lowest BCUT2D eigenvalue weighted by Gasteiger charge is -2.16. The van der Waals surface area contributed by atoms with Gasteiger partial charge in [-0.15, -0.1) is 0 Å². The van der Waals surface area contributed by atoms with Gasteiger partial charge in [-0.2, -0.15) is 13.2 Å². The zero-order valence-corrected chi connectivity index (χ0v) is 14.8. The van der Waals surface area contributed by atoms with Gasteiger partial charge < -0.3 is 15.7 Å². The Kier molecular flexibility index (Phi) is 5.69. The summed E-state index contributed by atoms with van der Waals surface area (Å²) >= 11 is 0. The van der Waals surface area contributed by atoms with Gasteiger partial charge in [0, 0.05) is 6.42 Å². The molecule has 0 spiro atoms. The summed E-state index contributed by atoms with van der Waals surface area (Å²) in [5.74, 6) is -1.81. The molecule has 0 saturated carbocycles. The Balaban J connectivity index is 1.76. The van der Waals surface area contributed by atoms with Crippen molar-refractivity contribution in [2.24, 2.45) is 5.92 Å². The Morgan fingerprint density at radius 2 is 1.82 bits per heavy atom. The molecule has 0 aliphatic carbocycles. The van der Waals surface area contributed by atoms with Crippen molar-refractivity contribution in [3.63, 3.8) is 0 Å². The molecule has 5 nitrogen and oxygen atoms in total. The van der Waals surface area contributed by atoms with Gasteiger partial charge >= 0.3 is 12.1 Å². The average Bonchev–Trinajstić information content (AvgIpc) is 3.10. The van der Waals surface area contributed by atoms with E-state index in [1.807, 2.05) is 0 Å². The van der Waals surface area contributed by atoms with Crippen molar-refractivity contribution < 1.29 is 27.9 Å². The zero-order chi connectivity index (χ0) is 20.3. The minimum absolute atomic E-state index is 0.0471. The maximum absolute atomic E-state index is 13.5. The Labute approximate surface area is 159 Å². The Morgan fingerprint density at radius 3 is 2.43 bits per heavy atom. The molecular weight excluding hydrogens is 373 g/mol. The van der Waals surface area contributed by atoms with Crippen molar-refractivity contribution in [3.8, 4) is 11.1 Å². The van der Waals surface area contributed by atoms with Crippen molar-refractivity contribution in [2.75, 3.05) is 11.9 Å². The minimum Gasteiger partial charge on any atom is -0.480 e. The number of carbonyl (C=O) groups excluding carboxylic acids is 1. The van der Waals surface area contributed by atoms with Gasteiger partial charge in [0.05, 0.1) is 11.3 Å². The van der Waals surface area contributed by atoms with Gasteiger partial charge in [0.25, 0.3) is 0 Å². The van der Waals surface area contributed by atoms with Crippen LogP contribution in [0.1, 0.15) is 18.4 Å². The van der Waals surface area contributed by atoms with Gasteiger partial charge in [-0.05, 0) is 42.1 Å². The van der Waals surface area contributed by atoms with Crippen molar-refractivity contribution in [1.82, 2.24) is 5.32 Å². The molecule has 0 aromatic heterocycles. The van der Waals surface area contributed by atoms with Crippen molar-refractivity contribution in [2.45, 2.75) is 25.1 Å². The van der Waals surface area contributed by atoms with Gasteiger partial charge in [-0.1, -0.05) is 36.4 Å². The highest BCUT2D eigenvalue weighted by atomic mass is 19.4. The summed E-state index contributed by atoms with van der Waals surface area (Å²) in [6.07, 6.45) is -4.41. The van der Waals surface area contributed by atoms with Crippen LogP contribution in [-0.2, 0) is 15.8 Å². The predicted octanol–water partition coefficient (Wildman–Crippen LogP) is 3.76. The maximum atomic E-state index is 13.5. The van der Waals surface area contributed by atoms with Gasteiger partial charge in [0.2, 0.25) is 5.91 Å². The topological polar surface area (TPSA) is 78.4 Å². The molecule has 2 unspecified atom stereocenters. The molecular formula is C20H19F3N2O3. The van der Waals surface area contributed by atoms with Crippen LogP contribution >= 0.6 is 0 Å². The van der Waals surface area contributed by atoms with Crippen LogP contribution in [0, 0.1) is 5.92 Å². The molecule has 1 aliphatic heterocycles. The van der Waals surface area contributed by atoms with E-state index in [4.69, 9.17) is 5.11 Å². The second kappa shape index (κ2) is 8.02. The van der Waals surface area contributed by atoms with Crippen LogP contribution in [0.4, 0.5) is 18.9 Å². The Morgan fingerprint density at radius 1 is 1.11 bits per heavy atom. The normalized spacial score (nSPS) is 19.4. The summed E-state index contributed by atoms with van der Waals surface area (Å²) in [6, 6.07) is 11.7. The molecule has 2 aromatic carbocycles. The van der Waals surface area contributed by atoms with E-state index in [9.17, 15) is 22.8 Å². The molecule has 2 aromatic rings. The predicted molar refractivity (Wildman–Crippen MR) is 97.7 cm³/mol. The van der Waals surface area contributed by atoms with Crippen LogP contribution in [0.5, 0.6) is 0 Å². The van der Waals surface area contributed by atoms with E-state index in [1.54, 1.807) is 30.3 Å². The molecule has 3 rings (SSSR count). The first kappa shape index (κ1) is 19.9. The number of halogens is 3. The van der Waals surface area contributed by atoms with E-state index >= 15 is 0 Å². The molecule has 1 saturated heterocycles. The highest BCUT2D eigenvalue weighted by molar-refractivity contribution is 5.92. The number of alkyl halides is 3. The van der Waals surface area contributed by atoms with Crippen LogP contribution in [0.25, 0.3) is 11.1 Å². The van der Waals surface area contributed by atoms with Gasteiger partial charge in [-0.3, -0.25) is 9.59 Å². The molecule has 1 aliphatic rings. The highest BCUT2D eigenvalue weighted by Crippen LogP contribution is 2.37. The van der Waals surface area contributed by atoms with E-state index in [2.05, 4.69) is 10.6 Å². The summed E-state index contributed by atoms with van der Waals surface area (Å²) in [7, 11) is 0. The first-order chi connectivity index (χ1) is 13.2. The van der Waals surface area contributed by atoms with E-state index in [0.29, 0.717) is 17.7 Å². The molecule has 0 bridgehead atoms. The zero-order valence-electron chi connectivity index (χ0n) is 14.8. The van der Waals surface area contributed by atoms with Crippen LogP contribution < -0.4 is 10.6 Å². The molecule has 3 N–H and O–H groups in total. The summed E-state index contributed by atoms with van der Waals surface area (Å²) < 4.78 is 40.5. The van der Waals surface area contributed by atoms with Crippen LogP contribution in [0.15, 0.2) is 48.5 Å². The first-order valence-electron chi connectivity index (χ1n) is 8.76. The number of amides is 1. The number of benzene rings is 2. The lowest BCUT2D eigenvalue weighted by molar-refractivity contribution is -0.139. The van der Waals surface area contributed by atoms with E-state index in [-0.39, 0.29) is 24.4 Å². The van der Waals surface area contributed by atoms with Gasteiger partial charge in [0.15, 0.2) is 0 Å². The summed E-state index contributed by atoms with van der Waals surface area (Å²) in [5, 5.41) is 14.1. The smallest absolute Gasteiger partial charge is 0.418 e. The first-order valence-corrected chi connectivity index (χ1v) is 8.76. The monoisotopic (exact) mass is 392 g/mol. The number of hydrogen-bond donors (Lipinski definition) is 3. The van der Waals surface area contributed by atoms with Crippen LogP contribution in [-0.4, -0.2) is 29.6 Å². The fourth-order valence-electron chi connectivity index (χ4n) is 3.31. The summed E-state index contributed by atoms with van der Waals surface area (Å²) in [4.78, 5) is 23.2. The minimum atomic E-state index is -4.63. The Hall–Kier alpha value is -2.87. The van der Waals surface area contributed by atoms with E-state index in [0.717, 1.165) is 6.07 Å². The van der Waals surface area contributed by atoms with Gasteiger partial charge in [-0.25, -0.2) is 0 Å². The largest absolute Gasteiger partial charge is 0.480 e. The molecule has 0 radical (unpaired) electrons. The van der Waals surface area contributed by atoms with Crippen LogP contribution in [0.3, 0.4) is 0 Å². The summed E-state index contributed by atoms with van der Waals surface area (Å²) in [6.45, 7) is 0.337. The highest BCUT2D eigenvalue weighted by Gasteiger charge is 2.35. The number of aliphatic carboxylic acids is 1. The molecule has 28 heavy (non-hydrogen) atoms. The molecule has 2 atom stereocenters. The van der Waals surface area contributed by atoms with Crippen molar-refractivity contribution in [3.05, 3.63) is 54.1 Å². The number of carbonyl (C=O) groups is 2. The third-order valence-electron chi connectivity index (χ3n) is 4.70. The molecule has 1 heterocycles. The van der Waals surface area contributed by atoms with Crippen molar-refractivity contribution >= 4 is 17.6 Å². The standard InChI is InChI=1S/C20H19F3N2O3/c21-20(22,23)15-10-14(13-4-2-1-3-5-13)6-7-16(15)25-18(26)9-12-8-17(19(27)28)24-11-12/h1-7,10,12,17,24H,8-9,11H2,(H,25,26)(H,27,28). The van der Waals surface area contributed by atoms with Crippen molar-refractivity contribution in [1.29, 1.82) is 0 Å². The van der Waals surface area contributed by atoms with E-state index in [1.165, 1.54) is 12.1 Å². The lowest BCUT2D eigenvalue weighted by atomic mass is 10.00. The lowest BCUT2D eigenvalue weighted by Crippen LogP contribution is -2.29. The fraction of sp³-hybridized carbons (Fsp3) is 0.300. The van der Waals surface area contributed by atoms with E-state index < -0.39 is 29.7 Å². The number of rotatable bonds is 5. The molecule has 1 amide bonds. The third-order valence-corrected chi connectivity index (χ3v) is 4.70. The number of nitrogens with one attached hydrogen (secondary N) is 2. The second-order valence-corrected chi connectivity index (χ2v) is 6.78. The second-order valence-electron chi connectivity index (χ2n) is 6.78. The SMILES string of the molecule is O=C(CC1CNC(C(=O)O)C1)Nc1ccc(-c2ccccc2)cc1C(F)(F)F. The number of anilines is 1. The quantitative estimate of drug-likeness (QED) is 0.724. The number of carboxylic acid groups (broad SMARTS) is 1. The maximum Gasteiger partial charge on any atom is 0.418 e. The third kappa shape index (κ3) is 4.69. The average molecular weight is 392 g/mol. The summed E-state index contributed by atoms with van der Waals surface area (Å²) in [5.41, 5.74) is -0.189. The Bertz CT molecular complexity index is 869. The number of carboxylic acids is 1. The molecule has 1 fully saturated rings. The molecule has 148 valence electrons.